The summed E-state index contributed by atoms with van der Waals surface area (Å²) in [7, 11) is -1.77. The number of benzene rings is 2. The number of aryl methyl sites for hydroxylation is 4. The summed E-state index contributed by atoms with van der Waals surface area (Å²) in [6, 6.07) is 21.5. The van der Waals surface area contributed by atoms with E-state index in [0.717, 1.165) is 22.5 Å². The number of ether oxygens (including phenoxy) is 4. The van der Waals surface area contributed by atoms with Gasteiger partial charge in [-0.2, -0.15) is 0 Å². The Morgan fingerprint density at radius 3 is 1.14 bits per heavy atom. The number of para-hydroxylation sites is 2. The number of methoxy groups -OCH3 is 4. The van der Waals surface area contributed by atoms with Crippen LogP contribution in [0.15, 0.2) is 97.6 Å². The van der Waals surface area contributed by atoms with Crippen LogP contribution in [0, 0.1) is 13.8 Å². The van der Waals surface area contributed by atoms with E-state index < -0.39 is 54.9 Å². The van der Waals surface area contributed by atoms with Crippen LogP contribution in [0.25, 0.3) is 34.4 Å². The third-order valence-electron chi connectivity index (χ3n) is 11.2. The predicted molar refractivity (Wildman–Crippen MR) is 273 cm³/mol. The van der Waals surface area contributed by atoms with Crippen molar-refractivity contribution in [1.29, 1.82) is 0 Å². The van der Waals surface area contributed by atoms with Crippen LogP contribution in [0.4, 0.5) is 0 Å². The number of hydrogen-bond donors (Lipinski definition) is 2. The zero-order chi connectivity index (χ0) is 53.2. The maximum atomic E-state index is 13.2. The van der Waals surface area contributed by atoms with E-state index in [1.807, 2.05) is 38.1 Å². The van der Waals surface area contributed by atoms with Crippen LogP contribution >= 0.6 is 0 Å². The number of rotatable bonds is 20. The molecular formula is C50H56N12O10S2. The lowest BCUT2D eigenvalue weighted by Crippen LogP contribution is -2.20. The summed E-state index contributed by atoms with van der Waals surface area (Å²) in [6.07, 6.45) is 4.70. The molecule has 2 N–H and O–H groups in total. The molecule has 0 saturated carbocycles. The fraction of sp³-hybridized carbons (Fsp3) is 0.320. The fourth-order valence-corrected chi connectivity index (χ4v) is 10.3. The monoisotopic (exact) mass is 1050 g/mol. The summed E-state index contributed by atoms with van der Waals surface area (Å²) in [6.45, 7) is 7.57. The Morgan fingerprint density at radius 2 is 0.824 bits per heavy atom. The highest BCUT2D eigenvalue weighted by Crippen LogP contribution is 2.38. The van der Waals surface area contributed by atoms with Gasteiger partial charge in [0.15, 0.2) is 54.6 Å². The summed E-state index contributed by atoms with van der Waals surface area (Å²) >= 11 is 0. The van der Waals surface area contributed by atoms with Gasteiger partial charge < -0.3 is 29.2 Å². The molecule has 0 saturated heterocycles. The topological polar surface area (TPSA) is 284 Å². The van der Waals surface area contributed by atoms with Gasteiger partial charge in [0, 0.05) is 36.2 Å². The number of aliphatic hydroxyl groups is 2. The average Bonchev–Trinajstić information content (AvgIpc) is 4.01. The Balaban J connectivity index is 0.000000216. The highest BCUT2D eigenvalue weighted by molar-refractivity contribution is 7.90. The van der Waals surface area contributed by atoms with Crippen molar-refractivity contribution in [1.82, 2.24) is 59.4 Å². The normalized spacial score (nSPS) is 12.4. The second-order valence-electron chi connectivity index (χ2n) is 16.7. The van der Waals surface area contributed by atoms with Crippen LogP contribution in [0.3, 0.4) is 0 Å². The first kappa shape index (κ1) is 54.0. The fourth-order valence-electron chi connectivity index (χ4n) is 7.62. The Hall–Kier alpha value is -7.80. The number of sulfone groups is 2. The molecule has 8 rings (SSSR count). The third kappa shape index (κ3) is 12.7. The summed E-state index contributed by atoms with van der Waals surface area (Å²) in [4.78, 5) is 25.5. The molecule has 2 atom stereocenters. The Morgan fingerprint density at radius 1 is 0.500 bits per heavy atom. The van der Waals surface area contributed by atoms with Gasteiger partial charge in [0.25, 0.3) is 0 Å². The van der Waals surface area contributed by atoms with Crippen LogP contribution < -0.4 is 18.9 Å². The molecular weight excluding hydrogens is 993 g/mol. The molecule has 22 nitrogen and oxygen atoms in total. The van der Waals surface area contributed by atoms with Crippen LogP contribution in [-0.4, -0.2) is 126 Å². The quantitative estimate of drug-likeness (QED) is 0.0977. The zero-order valence-electron chi connectivity index (χ0n) is 42.0. The highest BCUT2D eigenvalue weighted by atomic mass is 32.2. The van der Waals surface area contributed by atoms with E-state index in [-0.39, 0.29) is 23.3 Å². The first-order chi connectivity index (χ1) is 35.5. The van der Waals surface area contributed by atoms with Crippen molar-refractivity contribution in [3.63, 3.8) is 0 Å². The van der Waals surface area contributed by atoms with E-state index in [9.17, 15) is 27.0 Å². The van der Waals surface area contributed by atoms with Gasteiger partial charge in [-0.05, 0) is 86.3 Å². The summed E-state index contributed by atoms with van der Waals surface area (Å²) < 4.78 is 78.3. The van der Waals surface area contributed by atoms with Gasteiger partial charge in [0.2, 0.25) is 0 Å². The van der Waals surface area contributed by atoms with E-state index in [1.165, 1.54) is 53.2 Å². The lowest BCUT2D eigenvalue weighted by Gasteiger charge is -2.17. The number of aliphatic hydroxyl groups excluding tert-OH is 2. The van der Waals surface area contributed by atoms with E-state index in [4.69, 9.17) is 18.9 Å². The minimum absolute atomic E-state index is 0.0308. The third-order valence-corrected chi connectivity index (χ3v) is 14.3. The van der Waals surface area contributed by atoms with E-state index in [2.05, 4.69) is 50.3 Å². The smallest absolute Gasteiger partial charge is 0.187 e. The molecule has 0 aliphatic carbocycles. The first-order valence-electron chi connectivity index (χ1n) is 23.1. The van der Waals surface area contributed by atoms with Crippen molar-refractivity contribution in [3.8, 4) is 57.4 Å². The molecule has 6 heterocycles. The average molecular weight is 1050 g/mol. The summed E-state index contributed by atoms with van der Waals surface area (Å²) in [5.41, 5.74) is 5.17. The first-order valence-corrected chi connectivity index (χ1v) is 26.7. The molecule has 0 aliphatic rings. The maximum Gasteiger partial charge on any atom is 0.187 e. The number of pyridine rings is 2. The lowest BCUT2D eigenvalue weighted by atomic mass is 10.2. The van der Waals surface area contributed by atoms with Gasteiger partial charge in [-0.25, -0.2) is 46.7 Å². The minimum atomic E-state index is -3.90. The van der Waals surface area contributed by atoms with E-state index in [0.29, 0.717) is 70.3 Å². The van der Waals surface area contributed by atoms with E-state index in [1.54, 1.807) is 71.5 Å². The molecule has 388 valence electrons. The molecule has 6 aromatic heterocycles. The van der Waals surface area contributed by atoms with Gasteiger partial charge >= 0.3 is 0 Å². The molecule has 0 fully saturated rings. The van der Waals surface area contributed by atoms with E-state index >= 15 is 0 Å². The molecule has 0 bridgehead atoms. The Labute approximate surface area is 428 Å². The highest BCUT2D eigenvalue weighted by Gasteiger charge is 2.31. The van der Waals surface area contributed by atoms with Crippen molar-refractivity contribution >= 4 is 19.7 Å². The van der Waals surface area contributed by atoms with Crippen LogP contribution in [-0.2, 0) is 44.0 Å². The Bertz CT molecular complexity index is 3160. The lowest BCUT2D eigenvalue weighted by molar-refractivity contribution is 0.190. The zero-order valence-corrected chi connectivity index (χ0v) is 43.6. The maximum absolute atomic E-state index is 13.2. The molecule has 8 aromatic rings. The van der Waals surface area contributed by atoms with Gasteiger partial charge in [0.1, 0.15) is 69.5 Å². The summed E-state index contributed by atoms with van der Waals surface area (Å²) in [5, 5.41) is 38.1. The number of aromatic nitrogens is 12. The van der Waals surface area contributed by atoms with Crippen molar-refractivity contribution in [3.05, 3.63) is 143 Å². The van der Waals surface area contributed by atoms with Crippen molar-refractivity contribution in [2.24, 2.45) is 0 Å². The Kier molecular flexibility index (Phi) is 17.4. The number of hydrogen-bond acceptors (Lipinski definition) is 20. The van der Waals surface area contributed by atoms with Crippen LogP contribution in [0.2, 0.25) is 0 Å². The molecule has 0 unspecified atom stereocenters. The molecule has 0 radical (unpaired) electrons. The SMILES string of the molecule is CCc1cccc(-c2nnc(CS(=O)(=O)C[C@@H](O)c3ncc(C)cn3)n2-c2c(OC)cccc2OC)n1.CCc1cccc(-c2nnc(CS(=O)(=O)C[C@H](O)c3ncc(C)cn3)n2-c2c(OC)cccc2OC)n1. The second kappa shape index (κ2) is 23.8. The molecule has 2 aromatic carbocycles. The minimum Gasteiger partial charge on any atom is -0.494 e. The van der Waals surface area contributed by atoms with Crippen molar-refractivity contribution in [2.45, 2.75) is 64.3 Å². The molecule has 74 heavy (non-hydrogen) atoms. The molecule has 0 amide bonds. The van der Waals surface area contributed by atoms with Gasteiger partial charge in [-0.15, -0.1) is 20.4 Å². The predicted octanol–water partition coefficient (Wildman–Crippen LogP) is 5.31. The molecule has 0 aliphatic heterocycles. The summed E-state index contributed by atoms with van der Waals surface area (Å²) in [5.74, 6) is 0.431. The largest absolute Gasteiger partial charge is 0.494 e. The number of nitrogens with zero attached hydrogens (tertiary/aromatic N) is 12. The van der Waals surface area contributed by atoms with Crippen molar-refractivity contribution < 1.29 is 46.0 Å². The van der Waals surface area contributed by atoms with Crippen molar-refractivity contribution in [2.75, 3.05) is 39.9 Å². The molecule has 0 spiro atoms. The standard InChI is InChI=1S/2C25H28N6O5S/c2*1-5-17-8-6-9-18(28-17)25-30-29-22(31(25)23-20(35-3)10-7-11-21(23)36-4)15-37(33,34)14-19(32)24-26-12-16(2)13-27-24/h2*6-13,19,32H,5,14-15H2,1-4H3/t2*19-/m10/s1. The van der Waals surface area contributed by atoms with Gasteiger partial charge in [0.05, 0.1) is 39.9 Å². The van der Waals surface area contributed by atoms with Crippen LogP contribution in [0.5, 0.6) is 23.0 Å². The molecule has 24 heteroatoms. The second-order valence-corrected chi connectivity index (χ2v) is 20.9. The van der Waals surface area contributed by atoms with Crippen LogP contribution in [0.1, 0.15) is 71.9 Å². The van der Waals surface area contributed by atoms with Gasteiger partial charge in [-0.1, -0.05) is 38.1 Å². The van der Waals surface area contributed by atoms with Gasteiger partial charge in [-0.3, -0.25) is 9.13 Å².